The highest BCUT2D eigenvalue weighted by molar-refractivity contribution is 5.84. The SMILES string of the molecule is COc1cc(NC2CCCNC2=O)nc(C)n1. The lowest BCUT2D eigenvalue weighted by molar-refractivity contribution is -0.123. The van der Waals surface area contributed by atoms with E-state index in [1.54, 1.807) is 20.1 Å². The number of carbonyl (C=O) groups is 1. The van der Waals surface area contributed by atoms with Crippen LogP contribution in [0.4, 0.5) is 5.82 Å². The molecule has 6 heteroatoms. The molecular formula is C11H16N4O2. The summed E-state index contributed by atoms with van der Waals surface area (Å²) in [7, 11) is 1.55. The third-order valence-electron chi connectivity index (χ3n) is 2.63. The quantitative estimate of drug-likeness (QED) is 0.798. The van der Waals surface area contributed by atoms with Crippen molar-refractivity contribution in [3.05, 3.63) is 11.9 Å². The number of amides is 1. The van der Waals surface area contributed by atoms with Crippen LogP contribution in [0.15, 0.2) is 6.07 Å². The number of nitrogens with one attached hydrogen (secondary N) is 2. The Balaban J connectivity index is 2.11. The van der Waals surface area contributed by atoms with Crippen molar-refractivity contribution in [3.63, 3.8) is 0 Å². The van der Waals surface area contributed by atoms with Gasteiger partial charge in [0.1, 0.15) is 17.7 Å². The largest absolute Gasteiger partial charge is 0.481 e. The van der Waals surface area contributed by atoms with Crippen molar-refractivity contribution in [1.29, 1.82) is 0 Å². The van der Waals surface area contributed by atoms with Gasteiger partial charge in [-0.3, -0.25) is 4.79 Å². The first kappa shape index (κ1) is 11.6. The monoisotopic (exact) mass is 236 g/mol. The van der Waals surface area contributed by atoms with Crippen LogP contribution in [0.5, 0.6) is 5.88 Å². The maximum absolute atomic E-state index is 11.6. The van der Waals surface area contributed by atoms with Gasteiger partial charge in [0.2, 0.25) is 11.8 Å². The number of hydrogen-bond acceptors (Lipinski definition) is 5. The molecule has 1 saturated heterocycles. The molecular weight excluding hydrogens is 220 g/mol. The number of piperidine rings is 1. The van der Waals surface area contributed by atoms with Crippen LogP contribution in [0.3, 0.4) is 0 Å². The normalized spacial score (nSPS) is 19.6. The molecule has 1 unspecified atom stereocenters. The van der Waals surface area contributed by atoms with Gasteiger partial charge in [-0.05, 0) is 19.8 Å². The van der Waals surface area contributed by atoms with Gasteiger partial charge in [-0.15, -0.1) is 0 Å². The maximum atomic E-state index is 11.6. The molecule has 1 aliphatic rings. The van der Waals surface area contributed by atoms with E-state index < -0.39 is 0 Å². The summed E-state index contributed by atoms with van der Waals surface area (Å²) in [5.41, 5.74) is 0. The number of anilines is 1. The number of nitrogens with zero attached hydrogens (tertiary/aromatic N) is 2. The van der Waals surface area contributed by atoms with Gasteiger partial charge in [-0.2, -0.15) is 4.98 Å². The first-order valence-corrected chi connectivity index (χ1v) is 5.63. The van der Waals surface area contributed by atoms with E-state index in [0.717, 1.165) is 19.4 Å². The highest BCUT2D eigenvalue weighted by atomic mass is 16.5. The van der Waals surface area contributed by atoms with Gasteiger partial charge in [-0.1, -0.05) is 0 Å². The third-order valence-corrected chi connectivity index (χ3v) is 2.63. The molecule has 0 saturated carbocycles. The lowest BCUT2D eigenvalue weighted by Gasteiger charge is -2.23. The van der Waals surface area contributed by atoms with Gasteiger partial charge in [-0.25, -0.2) is 4.98 Å². The van der Waals surface area contributed by atoms with Gasteiger partial charge < -0.3 is 15.4 Å². The molecule has 2 N–H and O–H groups in total. The molecule has 0 radical (unpaired) electrons. The van der Waals surface area contributed by atoms with Gasteiger partial charge in [0, 0.05) is 12.6 Å². The standard InChI is InChI=1S/C11H16N4O2/c1-7-13-9(6-10(14-7)17-2)15-8-4-3-5-12-11(8)16/h6,8H,3-5H2,1-2H3,(H,12,16)(H,13,14,15). The van der Waals surface area contributed by atoms with Crippen LogP contribution >= 0.6 is 0 Å². The Kier molecular flexibility index (Phi) is 3.41. The highest BCUT2D eigenvalue weighted by Gasteiger charge is 2.22. The molecule has 2 heterocycles. The molecule has 0 aromatic carbocycles. The zero-order valence-corrected chi connectivity index (χ0v) is 9.99. The summed E-state index contributed by atoms with van der Waals surface area (Å²) in [6.45, 7) is 2.54. The van der Waals surface area contributed by atoms with E-state index in [1.807, 2.05) is 0 Å². The number of hydrogen-bond donors (Lipinski definition) is 2. The van der Waals surface area contributed by atoms with Gasteiger partial charge in [0.25, 0.3) is 0 Å². The summed E-state index contributed by atoms with van der Waals surface area (Å²) in [5.74, 6) is 1.75. The van der Waals surface area contributed by atoms with Crippen molar-refractivity contribution < 1.29 is 9.53 Å². The molecule has 1 amide bonds. The fourth-order valence-corrected chi connectivity index (χ4v) is 1.81. The number of aromatic nitrogens is 2. The van der Waals surface area contributed by atoms with Gasteiger partial charge >= 0.3 is 0 Å². The molecule has 1 aromatic rings. The smallest absolute Gasteiger partial charge is 0.242 e. The van der Waals surface area contributed by atoms with Crippen molar-refractivity contribution in [3.8, 4) is 5.88 Å². The fourth-order valence-electron chi connectivity index (χ4n) is 1.81. The van der Waals surface area contributed by atoms with E-state index in [0.29, 0.717) is 17.5 Å². The molecule has 0 aliphatic carbocycles. The van der Waals surface area contributed by atoms with Gasteiger partial charge in [0.05, 0.1) is 7.11 Å². The second-order valence-corrected chi connectivity index (χ2v) is 3.97. The zero-order chi connectivity index (χ0) is 12.3. The molecule has 92 valence electrons. The Morgan fingerprint density at radius 2 is 2.35 bits per heavy atom. The number of aryl methyl sites for hydroxylation is 1. The lowest BCUT2D eigenvalue weighted by atomic mass is 10.1. The molecule has 6 nitrogen and oxygen atoms in total. The Morgan fingerprint density at radius 1 is 1.53 bits per heavy atom. The van der Waals surface area contributed by atoms with Crippen LogP contribution in [0.1, 0.15) is 18.7 Å². The highest BCUT2D eigenvalue weighted by Crippen LogP contribution is 2.15. The average molecular weight is 236 g/mol. The number of methoxy groups -OCH3 is 1. The summed E-state index contributed by atoms with van der Waals surface area (Å²) in [6, 6.07) is 1.47. The minimum absolute atomic E-state index is 0.0199. The summed E-state index contributed by atoms with van der Waals surface area (Å²) in [4.78, 5) is 19.9. The number of carbonyl (C=O) groups excluding carboxylic acids is 1. The van der Waals surface area contributed by atoms with Crippen molar-refractivity contribution in [2.24, 2.45) is 0 Å². The molecule has 1 atom stereocenters. The molecule has 0 spiro atoms. The van der Waals surface area contributed by atoms with E-state index in [2.05, 4.69) is 20.6 Å². The first-order valence-electron chi connectivity index (χ1n) is 5.63. The van der Waals surface area contributed by atoms with Crippen LogP contribution < -0.4 is 15.4 Å². The van der Waals surface area contributed by atoms with Crippen LogP contribution in [-0.2, 0) is 4.79 Å². The fraction of sp³-hybridized carbons (Fsp3) is 0.545. The molecule has 0 bridgehead atoms. The predicted octanol–water partition coefficient (Wildman–Crippen LogP) is 0.484. The molecule has 17 heavy (non-hydrogen) atoms. The van der Waals surface area contributed by atoms with E-state index in [1.165, 1.54) is 0 Å². The third kappa shape index (κ3) is 2.83. The van der Waals surface area contributed by atoms with Crippen molar-refractivity contribution in [2.45, 2.75) is 25.8 Å². The topological polar surface area (TPSA) is 76.1 Å². The Labute approximate surface area is 99.8 Å². The molecule has 2 rings (SSSR count). The summed E-state index contributed by atoms with van der Waals surface area (Å²) >= 11 is 0. The van der Waals surface area contributed by atoms with Crippen LogP contribution in [0.2, 0.25) is 0 Å². The first-order chi connectivity index (χ1) is 8.19. The van der Waals surface area contributed by atoms with Crippen LogP contribution in [0, 0.1) is 6.92 Å². The predicted molar refractivity (Wildman–Crippen MR) is 63.0 cm³/mol. The second-order valence-electron chi connectivity index (χ2n) is 3.97. The van der Waals surface area contributed by atoms with Gasteiger partial charge in [0.15, 0.2) is 0 Å². The molecule has 1 fully saturated rings. The zero-order valence-electron chi connectivity index (χ0n) is 9.99. The van der Waals surface area contributed by atoms with Crippen LogP contribution in [0.25, 0.3) is 0 Å². The summed E-state index contributed by atoms with van der Waals surface area (Å²) < 4.78 is 5.06. The Bertz CT molecular complexity index is 422. The van der Waals surface area contributed by atoms with Crippen molar-refractivity contribution in [2.75, 3.05) is 19.0 Å². The number of ether oxygens (including phenoxy) is 1. The Morgan fingerprint density at radius 3 is 3.06 bits per heavy atom. The molecule has 1 aromatic heterocycles. The molecule has 1 aliphatic heterocycles. The lowest BCUT2D eigenvalue weighted by Crippen LogP contribution is -2.44. The van der Waals surface area contributed by atoms with Crippen molar-refractivity contribution in [1.82, 2.24) is 15.3 Å². The van der Waals surface area contributed by atoms with E-state index in [4.69, 9.17) is 4.74 Å². The average Bonchev–Trinajstić information content (AvgIpc) is 2.31. The van der Waals surface area contributed by atoms with Crippen LogP contribution in [-0.4, -0.2) is 35.6 Å². The maximum Gasteiger partial charge on any atom is 0.242 e. The Hall–Kier alpha value is -1.85. The minimum Gasteiger partial charge on any atom is -0.481 e. The van der Waals surface area contributed by atoms with Crippen molar-refractivity contribution >= 4 is 11.7 Å². The van der Waals surface area contributed by atoms with E-state index in [9.17, 15) is 4.79 Å². The summed E-state index contributed by atoms with van der Waals surface area (Å²) in [5, 5.41) is 5.92. The second kappa shape index (κ2) is 4.99. The summed E-state index contributed by atoms with van der Waals surface area (Å²) in [6.07, 6.45) is 1.79. The number of rotatable bonds is 3. The van der Waals surface area contributed by atoms with E-state index >= 15 is 0 Å². The van der Waals surface area contributed by atoms with E-state index in [-0.39, 0.29) is 11.9 Å². The minimum atomic E-state index is -0.220.